The third kappa shape index (κ3) is 9.47. The molecule has 44 valence electrons. The van der Waals surface area contributed by atoms with Gasteiger partial charge < -0.3 is 4.74 Å². The molecule has 0 heterocycles. The van der Waals surface area contributed by atoms with Gasteiger partial charge in [-0.3, -0.25) is 0 Å². The van der Waals surface area contributed by atoms with Crippen LogP contribution in [0.25, 0.3) is 0 Å². The van der Waals surface area contributed by atoms with E-state index >= 15 is 0 Å². The molecule has 0 aromatic rings. The molecule has 0 rings (SSSR count). The van der Waals surface area contributed by atoms with Crippen molar-refractivity contribution in [3.05, 3.63) is 25.3 Å². The molecule has 0 N–H and O–H groups in total. The molecule has 0 spiro atoms. The van der Waals surface area contributed by atoms with Gasteiger partial charge in [0.05, 0.1) is 13.2 Å². The third-order valence-electron chi connectivity index (χ3n) is 0.471. The summed E-state index contributed by atoms with van der Waals surface area (Å²) in [5.74, 6) is 0. The third-order valence-corrected chi connectivity index (χ3v) is 0.471. The Morgan fingerprint density at radius 3 is 1.75 bits per heavy atom. The summed E-state index contributed by atoms with van der Waals surface area (Å²) < 4.78 is 4.90. The zero-order chi connectivity index (χ0) is 5.54. The minimum Gasteiger partial charge on any atom is -0.373 e. The summed E-state index contributed by atoms with van der Waals surface area (Å²) in [6, 6.07) is 0. The molecular formula is C6H10OTi. The molecule has 0 bridgehead atoms. The van der Waals surface area contributed by atoms with Crippen LogP contribution in [0.3, 0.4) is 0 Å². The Hall–Kier alpha value is 0.154. The van der Waals surface area contributed by atoms with Crippen molar-refractivity contribution in [1.29, 1.82) is 0 Å². The maximum absolute atomic E-state index is 4.90. The largest absolute Gasteiger partial charge is 0.373 e. The molecule has 0 unspecified atom stereocenters. The van der Waals surface area contributed by atoms with Crippen LogP contribution in [-0.4, -0.2) is 13.2 Å². The summed E-state index contributed by atoms with van der Waals surface area (Å²) in [5.41, 5.74) is 0. The fourth-order valence-electron chi connectivity index (χ4n) is 0.235. The van der Waals surface area contributed by atoms with Crippen molar-refractivity contribution >= 4 is 0 Å². The monoisotopic (exact) mass is 146 g/mol. The van der Waals surface area contributed by atoms with Crippen LogP contribution in [-0.2, 0) is 26.5 Å². The molecule has 0 aliphatic carbocycles. The Labute approximate surface area is 65.3 Å². The quantitative estimate of drug-likeness (QED) is 0.330. The van der Waals surface area contributed by atoms with Crippen LogP contribution in [0.2, 0.25) is 0 Å². The molecule has 8 heavy (non-hydrogen) atoms. The van der Waals surface area contributed by atoms with E-state index in [-0.39, 0.29) is 21.7 Å². The van der Waals surface area contributed by atoms with Crippen molar-refractivity contribution in [3.8, 4) is 0 Å². The van der Waals surface area contributed by atoms with Gasteiger partial charge in [-0.1, -0.05) is 12.2 Å². The molecule has 1 nitrogen and oxygen atoms in total. The molecule has 0 saturated heterocycles. The first-order valence-electron chi connectivity index (χ1n) is 2.21. The van der Waals surface area contributed by atoms with Gasteiger partial charge in [-0.05, 0) is 0 Å². The molecule has 0 aliphatic rings. The SMILES string of the molecule is C=CCOCC=C.[Ti]. The van der Waals surface area contributed by atoms with Crippen molar-refractivity contribution in [1.82, 2.24) is 0 Å². The standard InChI is InChI=1S/C6H10O.Ti/c1-3-5-7-6-4-2;/h3-4H,1-2,5-6H2;. The maximum atomic E-state index is 4.90. The molecule has 0 amide bonds. The molecule has 0 atom stereocenters. The van der Waals surface area contributed by atoms with Crippen LogP contribution in [0.1, 0.15) is 0 Å². The van der Waals surface area contributed by atoms with Gasteiger partial charge in [0.2, 0.25) is 0 Å². The maximum Gasteiger partial charge on any atom is 0.0649 e. The summed E-state index contributed by atoms with van der Waals surface area (Å²) >= 11 is 0. The van der Waals surface area contributed by atoms with E-state index in [0.29, 0.717) is 13.2 Å². The van der Waals surface area contributed by atoms with Crippen LogP contribution < -0.4 is 0 Å². The fraction of sp³-hybridized carbons (Fsp3) is 0.333. The average Bonchev–Trinajstić information content (AvgIpc) is 1.69. The van der Waals surface area contributed by atoms with Gasteiger partial charge in [0.25, 0.3) is 0 Å². The molecule has 0 aromatic heterocycles. The second-order valence-electron chi connectivity index (χ2n) is 1.11. The molecule has 0 aromatic carbocycles. The van der Waals surface area contributed by atoms with E-state index in [1.54, 1.807) is 12.2 Å². The number of hydrogen-bond acceptors (Lipinski definition) is 1. The summed E-state index contributed by atoms with van der Waals surface area (Å²) in [7, 11) is 0. The van der Waals surface area contributed by atoms with E-state index in [0.717, 1.165) is 0 Å². The molecule has 0 aliphatic heterocycles. The van der Waals surface area contributed by atoms with E-state index in [1.807, 2.05) is 0 Å². The Balaban J connectivity index is 0. The predicted octanol–water partition coefficient (Wildman–Crippen LogP) is 1.37. The second kappa shape index (κ2) is 10.2. The molecule has 0 saturated carbocycles. The van der Waals surface area contributed by atoms with Gasteiger partial charge >= 0.3 is 0 Å². The van der Waals surface area contributed by atoms with Crippen molar-refractivity contribution in [2.24, 2.45) is 0 Å². The van der Waals surface area contributed by atoms with Crippen molar-refractivity contribution in [2.45, 2.75) is 0 Å². The Kier molecular flexibility index (Phi) is 14.0. The minimum absolute atomic E-state index is 0. The average molecular weight is 146 g/mol. The minimum atomic E-state index is 0. The number of ether oxygens (including phenoxy) is 1. The van der Waals surface area contributed by atoms with E-state index < -0.39 is 0 Å². The van der Waals surface area contributed by atoms with Crippen LogP contribution in [0.5, 0.6) is 0 Å². The summed E-state index contributed by atoms with van der Waals surface area (Å²) in [5, 5.41) is 0. The number of rotatable bonds is 4. The molecule has 0 fully saturated rings. The summed E-state index contributed by atoms with van der Waals surface area (Å²) in [6.07, 6.45) is 3.42. The van der Waals surface area contributed by atoms with E-state index in [4.69, 9.17) is 4.74 Å². The summed E-state index contributed by atoms with van der Waals surface area (Å²) in [6.45, 7) is 8.18. The van der Waals surface area contributed by atoms with E-state index in [1.165, 1.54) is 0 Å². The van der Waals surface area contributed by atoms with Crippen molar-refractivity contribution in [3.63, 3.8) is 0 Å². The zero-order valence-electron chi connectivity index (χ0n) is 4.89. The van der Waals surface area contributed by atoms with Gasteiger partial charge in [0.1, 0.15) is 0 Å². The van der Waals surface area contributed by atoms with Gasteiger partial charge in [0.15, 0.2) is 0 Å². The van der Waals surface area contributed by atoms with Gasteiger partial charge in [-0.2, -0.15) is 0 Å². The fourth-order valence-corrected chi connectivity index (χ4v) is 0.235. The van der Waals surface area contributed by atoms with Crippen LogP contribution in [0.4, 0.5) is 0 Å². The van der Waals surface area contributed by atoms with E-state index in [2.05, 4.69) is 13.2 Å². The van der Waals surface area contributed by atoms with Crippen LogP contribution >= 0.6 is 0 Å². The topological polar surface area (TPSA) is 9.23 Å². The van der Waals surface area contributed by atoms with Crippen LogP contribution in [0.15, 0.2) is 25.3 Å². The Morgan fingerprint density at radius 2 is 1.50 bits per heavy atom. The van der Waals surface area contributed by atoms with Gasteiger partial charge in [-0.25, -0.2) is 0 Å². The second-order valence-corrected chi connectivity index (χ2v) is 1.11. The zero-order valence-corrected chi connectivity index (χ0v) is 6.45. The van der Waals surface area contributed by atoms with Crippen molar-refractivity contribution < 1.29 is 26.5 Å². The predicted molar refractivity (Wildman–Crippen MR) is 31.2 cm³/mol. The first kappa shape index (κ1) is 11.0. The normalized spacial score (nSPS) is 7.00. The molecule has 0 radical (unpaired) electrons. The Bertz CT molecular complexity index is 53.5. The van der Waals surface area contributed by atoms with Gasteiger partial charge in [-0.15, -0.1) is 13.2 Å². The van der Waals surface area contributed by atoms with Crippen LogP contribution in [0, 0.1) is 0 Å². The van der Waals surface area contributed by atoms with Gasteiger partial charge in [0, 0.05) is 21.7 Å². The first-order chi connectivity index (χ1) is 3.41. The molecule has 2 heteroatoms. The van der Waals surface area contributed by atoms with E-state index in [9.17, 15) is 0 Å². The Morgan fingerprint density at radius 1 is 1.12 bits per heavy atom. The number of hydrogen-bond donors (Lipinski definition) is 0. The smallest absolute Gasteiger partial charge is 0.0649 e. The summed E-state index contributed by atoms with van der Waals surface area (Å²) in [4.78, 5) is 0. The van der Waals surface area contributed by atoms with Crippen molar-refractivity contribution in [2.75, 3.05) is 13.2 Å². The first-order valence-corrected chi connectivity index (χ1v) is 2.21. The molecular weight excluding hydrogens is 136 g/mol.